The molecule has 4 heteroatoms. The van der Waals surface area contributed by atoms with Crippen molar-refractivity contribution in [1.29, 1.82) is 0 Å². The van der Waals surface area contributed by atoms with E-state index in [1.807, 2.05) is 36.9 Å². The normalized spacial score (nSPS) is 25.9. The van der Waals surface area contributed by atoms with Crippen LogP contribution in [-0.4, -0.2) is 31.3 Å². The van der Waals surface area contributed by atoms with Gasteiger partial charge >= 0.3 is 0 Å². The maximum Gasteiger partial charge on any atom is 0.256 e. The number of fused-ring (bicyclic) bond motifs is 1. The summed E-state index contributed by atoms with van der Waals surface area (Å²) in [4.78, 5) is 14.4. The number of hydrogen-bond acceptors (Lipinski definition) is 3. The Hall–Kier alpha value is -1.55. The number of anilines is 1. The number of nitrogens with zero attached hydrogens (tertiary/aromatic N) is 1. The Kier molecular flexibility index (Phi) is 3.19. The van der Waals surface area contributed by atoms with Crippen LogP contribution in [0.5, 0.6) is 5.75 Å². The highest BCUT2D eigenvalue weighted by molar-refractivity contribution is 5.98. The lowest BCUT2D eigenvalue weighted by molar-refractivity contribution is -0.127. The van der Waals surface area contributed by atoms with Gasteiger partial charge in [-0.3, -0.25) is 4.79 Å². The van der Waals surface area contributed by atoms with Gasteiger partial charge in [-0.1, -0.05) is 6.07 Å². The van der Waals surface area contributed by atoms with Crippen molar-refractivity contribution in [3.8, 4) is 5.75 Å². The van der Waals surface area contributed by atoms with E-state index in [2.05, 4.69) is 0 Å². The number of hydrogen-bond donors (Lipinski definition) is 0. The summed E-state index contributed by atoms with van der Waals surface area (Å²) in [6.07, 6.45) is 1.53. The molecular formula is C15H19NO3. The summed E-state index contributed by atoms with van der Waals surface area (Å²) in [7, 11) is 0. The van der Waals surface area contributed by atoms with Crippen LogP contribution in [0, 0.1) is 6.92 Å². The number of carbonyl (C=O) groups excluding carboxylic acids is 1. The molecule has 0 radical (unpaired) electrons. The fourth-order valence-electron chi connectivity index (χ4n) is 2.70. The van der Waals surface area contributed by atoms with Crippen molar-refractivity contribution in [1.82, 2.24) is 0 Å². The number of aryl methyl sites for hydroxylation is 1. The van der Waals surface area contributed by atoms with Gasteiger partial charge in [0.1, 0.15) is 18.0 Å². The second-order valence-corrected chi connectivity index (χ2v) is 5.35. The van der Waals surface area contributed by atoms with Crippen molar-refractivity contribution in [2.45, 2.75) is 38.9 Å². The molecule has 0 aromatic heterocycles. The van der Waals surface area contributed by atoms with Gasteiger partial charge in [-0.2, -0.15) is 0 Å². The lowest BCUT2D eigenvalue weighted by atomic mass is 10.1. The van der Waals surface area contributed by atoms with Crippen molar-refractivity contribution < 1.29 is 14.3 Å². The van der Waals surface area contributed by atoms with Crippen LogP contribution < -0.4 is 9.64 Å². The van der Waals surface area contributed by atoms with E-state index in [0.717, 1.165) is 29.8 Å². The second-order valence-electron chi connectivity index (χ2n) is 5.35. The first-order chi connectivity index (χ1) is 9.15. The summed E-state index contributed by atoms with van der Waals surface area (Å²) in [6, 6.07) is 5.96. The van der Waals surface area contributed by atoms with Gasteiger partial charge in [-0.25, -0.2) is 0 Å². The van der Waals surface area contributed by atoms with E-state index >= 15 is 0 Å². The SMILES string of the molecule is Cc1ccc2c(c1)O[C@H](C)CN2C(=O)[C@@H]1CCCO1. The first kappa shape index (κ1) is 12.5. The zero-order valence-corrected chi connectivity index (χ0v) is 11.4. The highest BCUT2D eigenvalue weighted by Gasteiger charge is 2.34. The summed E-state index contributed by atoms with van der Waals surface area (Å²) in [5.74, 6) is 0.864. The minimum Gasteiger partial charge on any atom is -0.487 e. The molecule has 0 spiro atoms. The third-order valence-electron chi connectivity index (χ3n) is 3.65. The number of benzene rings is 1. The van der Waals surface area contributed by atoms with E-state index in [4.69, 9.17) is 9.47 Å². The van der Waals surface area contributed by atoms with Gasteiger partial charge in [0.2, 0.25) is 0 Å². The molecule has 0 aliphatic carbocycles. The molecule has 0 N–H and O–H groups in total. The predicted octanol–water partition coefficient (Wildman–Crippen LogP) is 2.29. The van der Waals surface area contributed by atoms with E-state index in [1.54, 1.807) is 0 Å². The Bertz CT molecular complexity index is 494. The molecule has 2 heterocycles. The Labute approximate surface area is 113 Å². The quantitative estimate of drug-likeness (QED) is 0.778. The summed E-state index contributed by atoms with van der Waals surface area (Å²) in [5.41, 5.74) is 2.00. The van der Waals surface area contributed by atoms with Gasteiger partial charge < -0.3 is 14.4 Å². The number of amides is 1. The van der Waals surface area contributed by atoms with Gasteiger partial charge in [-0.05, 0) is 44.4 Å². The zero-order valence-electron chi connectivity index (χ0n) is 11.4. The van der Waals surface area contributed by atoms with Crippen LogP contribution in [0.3, 0.4) is 0 Å². The lowest BCUT2D eigenvalue weighted by Crippen LogP contribution is -2.46. The van der Waals surface area contributed by atoms with Crippen molar-refractivity contribution in [3.63, 3.8) is 0 Å². The van der Waals surface area contributed by atoms with Crippen LogP contribution >= 0.6 is 0 Å². The summed E-state index contributed by atoms with van der Waals surface area (Å²) in [5, 5.41) is 0. The smallest absolute Gasteiger partial charge is 0.256 e. The van der Waals surface area contributed by atoms with E-state index in [-0.39, 0.29) is 18.1 Å². The second kappa shape index (κ2) is 4.85. The average molecular weight is 261 g/mol. The standard InChI is InChI=1S/C15H19NO3/c1-10-5-6-12-14(8-10)19-11(2)9-16(12)15(17)13-4-3-7-18-13/h5-6,8,11,13H,3-4,7,9H2,1-2H3/t11-,13+/m1/s1. The summed E-state index contributed by atoms with van der Waals surface area (Å²) < 4.78 is 11.3. The van der Waals surface area contributed by atoms with Crippen molar-refractivity contribution in [2.24, 2.45) is 0 Å². The maximum absolute atomic E-state index is 12.5. The van der Waals surface area contributed by atoms with Gasteiger partial charge in [0.15, 0.2) is 0 Å². The van der Waals surface area contributed by atoms with E-state index in [9.17, 15) is 4.79 Å². The summed E-state index contributed by atoms with van der Waals surface area (Å²) in [6.45, 7) is 5.29. The monoisotopic (exact) mass is 261 g/mol. The van der Waals surface area contributed by atoms with E-state index < -0.39 is 0 Å². The van der Waals surface area contributed by atoms with Gasteiger partial charge in [0.05, 0.1) is 12.2 Å². The fourth-order valence-corrected chi connectivity index (χ4v) is 2.70. The van der Waals surface area contributed by atoms with Gasteiger partial charge in [0.25, 0.3) is 5.91 Å². The van der Waals surface area contributed by atoms with Crippen molar-refractivity contribution in [2.75, 3.05) is 18.1 Å². The number of ether oxygens (including phenoxy) is 2. The molecule has 102 valence electrons. The molecule has 1 saturated heterocycles. The Balaban J connectivity index is 1.92. The highest BCUT2D eigenvalue weighted by Crippen LogP contribution is 2.35. The minimum absolute atomic E-state index is 0.0136. The molecule has 0 unspecified atom stereocenters. The van der Waals surface area contributed by atoms with Crippen molar-refractivity contribution >= 4 is 11.6 Å². The highest BCUT2D eigenvalue weighted by atomic mass is 16.5. The molecular weight excluding hydrogens is 242 g/mol. The van der Waals surface area contributed by atoms with Crippen LogP contribution in [-0.2, 0) is 9.53 Å². The maximum atomic E-state index is 12.5. The molecule has 0 saturated carbocycles. The molecule has 2 atom stereocenters. The molecule has 19 heavy (non-hydrogen) atoms. The topological polar surface area (TPSA) is 38.8 Å². The Morgan fingerprint density at radius 2 is 2.26 bits per heavy atom. The third-order valence-corrected chi connectivity index (χ3v) is 3.65. The third kappa shape index (κ3) is 2.32. The first-order valence-corrected chi connectivity index (χ1v) is 6.85. The predicted molar refractivity (Wildman–Crippen MR) is 72.6 cm³/mol. The molecule has 1 amide bonds. The van der Waals surface area contributed by atoms with Crippen LogP contribution in [0.2, 0.25) is 0 Å². The number of rotatable bonds is 1. The Morgan fingerprint density at radius 3 is 3.00 bits per heavy atom. The van der Waals surface area contributed by atoms with Gasteiger partial charge in [-0.15, -0.1) is 0 Å². The molecule has 3 rings (SSSR count). The molecule has 2 aliphatic rings. The van der Waals surface area contributed by atoms with Crippen LogP contribution in [0.15, 0.2) is 18.2 Å². The minimum atomic E-state index is -0.278. The molecule has 1 aromatic rings. The van der Waals surface area contributed by atoms with Crippen molar-refractivity contribution in [3.05, 3.63) is 23.8 Å². The molecule has 1 aromatic carbocycles. The fraction of sp³-hybridized carbons (Fsp3) is 0.533. The van der Waals surface area contributed by atoms with E-state index in [0.29, 0.717) is 13.2 Å². The first-order valence-electron chi connectivity index (χ1n) is 6.85. The van der Waals surface area contributed by atoms with E-state index in [1.165, 1.54) is 0 Å². The van der Waals surface area contributed by atoms with Crippen LogP contribution in [0.25, 0.3) is 0 Å². The van der Waals surface area contributed by atoms with Gasteiger partial charge in [0, 0.05) is 6.61 Å². The molecule has 2 aliphatic heterocycles. The number of carbonyl (C=O) groups is 1. The summed E-state index contributed by atoms with van der Waals surface area (Å²) >= 11 is 0. The largest absolute Gasteiger partial charge is 0.487 e. The Morgan fingerprint density at radius 1 is 1.42 bits per heavy atom. The molecule has 0 bridgehead atoms. The lowest BCUT2D eigenvalue weighted by Gasteiger charge is -2.34. The van der Waals surface area contributed by atoms with Crippen LogP contribution in [0.1, 0.15) is 25.3 Å². The molecule has 1 fully saturated rings. The zero-order chi connectivity index (χ0) is 13.4. The average Bonchev–Trinajstić information content (AvgIpc) is 2.90. The molecule has 4 nitrogen and oxygen atoms in total. The van der Waals surface area contributed by atoms with Crippen LogP contribution in [0.4, 0.5) is 5.69 Å².